The summed E-state index contributed by atoms with van der Waals surface area (Å²) in [6, 6.07) is 7.64. The molecule has 0 unspecified atom stereocenters. The van der Waals surface area contributed by atoms with Crippen molar-refractivity contribution in [3.63, 3.8) is 0 Å². The quantitative estimate of drug-likeness (QED) is 0.697. The van der Waals surface area contributed by atoms with Gasteiger partial charge in [0.2, 0.25) is 0 Å². The van der Waals surface area contributed by atoms with Crippen molar-refractivity contribution >= 4 is 15.8 Å². The van der Waals surface area contributed by atoms with E-state index < -0.39 is 22.0 Å². The lowest BCUT2D eigenvalue weighted by atomic mass is 9.92. The molecule has 28 heavy (non-hydrogen) atoms. The maximum absolute atomic E-state index is 12.9. The number of rotatable bonds is 5. The number of pyridine rings is 2. The number of hydrogen-bond acceptors (Lipinski definition) is 5. The highest BCUT2D eigenvalue weighted by atomic mass is 32.2. The second-order valence-electron chi connectivity index (χ2n) is 7.12. The molecule has 0 bridgehead atoms. The fourth-order valence-corrected chi connectivity index (χ4v) is 3.40. The van der Waals surface area contributed by atoms with Gasteiger partial charge >= 0.3 is 0 Å². The Morgan fingerprint density at radius 3 is 2.50 bits per heavy atom. The van der Waals surface area contributed by atoms with Crippen molar-refractivity contribution in [2.45, 2.75) is 37.5 Å². The molecule has 0 atom stereocenters. The molecule has 0 aliphatic rings. The van der Waals surface area contributed by atoms with Crippen molar-refractivity contribution in [1.82, 2.24) is 19.7 Å². The lowest BCUT2D eigenvalue weighted by Gasteiger charge is -2.13. The van der Waals surface area contributed by atoms with E-state index in [2.05, 4.69) is 19.8 Å². The van der Waals surface area contributed by atoms with Crippen LogP contribution in [0.25, 0.3) is 5.82 Å². The van der Waals surface area contributed by atoms with E-state index >= 15 is 0 Å². The summed E-state index contributed by atoms with van der Waals surface area (Å²) < 4.78 is 55.1. The highest BCUT2D eigenvalue weighted by Crippen LogP contribution is 2.28. The van der Waals surface area contributed by atoms with Crippen LogP contribution in [0.2, 0.25) is 0 Å². The second kappa shape index (κ2) is 7.27. The molecular formula is C18H19F2N5O2S. The van der Waals surface area contributed by atoms with Gasteiger partial charge in [-0.25, -0.2) is 22.2 Å². The highest BCUT2D eigenvalue weighted by molar-refractivity contribution is 7.92. The summed E-state index contributed by atoms with van der Waals surface area (Å²) in [5, 5.41) is 4.47. The number of anilines is 1. The van der Waals surface area contributed by atoms with Crippen LogP contribution < -0.4 is 4.72 Å². The number of halogens is 2. The van der Waals surface area contributed by atoms with Crippen LogP contribution in [0.15, 0.2) is 53.8 Å². The maximum atomic E-state index is 12.9. The van der Waals surface area contributed by atoms with Gasteiger partial charge < -0.3 is 0 Å². The van der Waals surface area contributed by atoms with E-state index in [4.69, 9.17) is 0 Å². The number of alkyl halides is 2. The molecule has 3 aromatic rings. The predicted molar refractivity (Wildman–Crippen MR) is 100 cm³/mol. The lowest BCUT2D eigenvalue weighted by Crippen LogP contribution is -2.17. The number of nitrogens with zero attached hydrogens (tertiary/aromatic N) is 4. The molecule has 3 heterocycles. The first-order chi connectivity index (χ1) is 13.1. The van der Waals surface area contributed by atoms with Crippen LogP contribution in [0.1, 0.15) is 38.5 Å². The number of nitrogens with one attached hydrogen (secondary N) is 1. The Bertz CT molecular complexity index is 1080. The fraction of sp³-hybridized carbons (Fsp3) is 0.278. The van der Waals surface area contributed by atoms with Gasteiger partial charge in [-0.05, 0) is 18.2 Å². The minimum atomic E-state index is -4.17. The van der Waals surface area contributed by atoms with Gasteiger partial charge in [-0.15, -0.1) is 0 Å². The molecule has 148 valence electrons. The van der Waals surface area contributed by atoms with E-state index in [9.17, 15) is 17.2 Å². The standard InChI is InChI=1S/C18H19F2N5O2S/c1-18(2,3)14-9-16(25(23-14)15-6-4-5-7-22-15)24-28(26,27)13-8-12(17(19)20)10-21-11-13/h4-11,17,24H,1-3H3. The summed E-state index contributed by atoms with van der Waals surface area (Å²) in [5.74, 6) is 0.557. The molecule has 0 fully saturated rings. The molecule has 0 amide bonds. The third kappa shape index (κ3) is 4.16. The van der Waals surface area contributed by atoms with Crippen molar-refractivity contribution in [3.8, 4) is 5.82 Å². The van der Waals surface area contributed by atoms with E-state index in [-0.39, 0.29) is 16.1 Å². The Morgan fingerprint density at radius 1 is 1.14 bits per heavy atom. The first-order valence-electron chi connectivity index (χ1n) is 8.36. The molecular weight excluding hydrogens is 388 g/mol. The summed E-state index contributed by atoms with van der Waals surface area (Å²) in [5.41, 5.74) is -0.191. The molecule has 0 spiro atoms. The van der Waals surface area contributed by atoms with Gasteiger partial charge in [0.15, 0.2) is 5.82 Å². The summed E-state index contributed by atoms with van der Waals surface area (Å²) >= 11 is 0. The molecule has 3 rings (SSSR count). The van der Waals surface area contributed by atoms with Crippen LogP contribution in [-0.4, -0.2) is 28.2 Å². The first-order valence-corrected chi connectivity index (χ1v) is 9.84. The Hall–Kier alpha value is -2.88. The van der Waals surface area contributed by atoms with E-state index in [0.29, 0.717) is 11.5 Å². The molecule has 0 saturated carbocycles. The van der Waals surface area contributed by atoms with Crippen molar-refractivity contribution in [2.75, 3.05) is 4.72 Å². The predicted octanol–water partition coefficient (Wildman–Crippen LogP) is 3.70. The summed E-state index contributed by atoms with van der Waals surface area (Å²) in [6.07, 6.45) is 0.677. The highest BCUT2D eigenvalue weighted by Gasteiger charge is 2.25. The Labute approximate surface area is 161 Å². The molecule has 7 nitrogen and oxygen atoms in total. The van der Waals surface area contributed by atoms with Gasteiger partial charge in [0, 0.05) is 35.6 Å². The van der Waals surface area contributed by atoms with Crippen molar-refractivity contribution < 1.29 is 17.2 Å². The van der Waals surface area contributed by atoms with E-state index in [1.165, 1.54) is 4.68 Å². The molecule has 0 radical (unpaired) electrons. The van der Waals surface area contributed by atoms with E-state index in [1.807, 2.05) is 20.8 Å². The Morgan fingerprint density at radius 2 is 1.89 bits per heavy atom. The molecule has 0 aliphatic heterocycles. The summed E-state index contributed by atoms with van der Waals surface area (Å²) in [4.78, 5) is 7.44. The SMILES string of the molecule is CC(C)(C)c1cc(NS(=O)(=O)c2cncc(C(F)F)c2)n(-c2ccccn2)n1. The van der Waals surface area contributed by atoms with Crippen molar-refractivity contribution in [1.29, 1.82) is 0 Å². The normalized spacial score (nSPS) is 12.4. The maximum Gasteiger partial charge on any atom is 0.265 e. The minimum Gasteiger partial charge on any atom is -0.263 e. The largest absolute Gasteiger partial charge is 0.265 e. The third-order valence-corrected chi connectivity index (χ3v) is 5.20. The van der Waals surface area contributed by atoms with Gasteiger partial charge in [-0.1, -0.05) is 26.8 Å². The Kier molecular flexibility index (Phi) is 5.16. The van der Waals surface area contributed by atoms with E-state index in [0.717, 1.165) is 18.5 Å². The van der Waals surface area contributed by atoms with Crippen LogP contribution >= 0.6 is 0 Å². The van der Waals surface area contributed by atoms with Crippen LogP contribution in [0.5, 0.6) is 0 Å². The first kappa shape index (κ1) is 19.9. The van der Waals surface area contributed by atoms with Gasteiger partial charge in [0.25, 0.3) is 16.4 Å². The monoisotopic (exact) mass is 407 g/mol. The summed E-state index contributed by atoms with van der Waals surface area (Å²) in [7, 11) is -4.17. The van der Waals surface area contributed by atoms with Crippen molar-refractivity contribution in [2.24, 2.45) is 0 Å². The van der Waals surface area contributed by atoms with Crippen LogP contribution in [0, 0.1) is 0 Å². The topological polar surface area (TPSA) is 89.8 Å². The molecule has 10 heteroatoms. The number of sulfonamides is 1. The fourth-order valence-electron chi connectivity index (χ4n) is 2.37. The Balaban J connectivity index is 2.06. The van der Waals surface area contributed by atoms with Gasteiger partial charge in [-0.3, -0.25) is 9.71 Å². The average Bonchev–Trinajstić information content (AvgIpc) is 3.06. The van der Waals surface area contributed by atoms with Gasteiger partial charge in [0.05, 0.1) is 5.69 Å². The zero-order chi connectivity index (χ0) is 20.5. The van der Waals surface area contributed by atoms with Gasteiger partial charge in [-0.2, -0.15) is 9.78 Å². The third-order valence-electron chi connectivity index (χ3n) is 3.88. The van der Waals surface area contributed by atoms with Crippen LogP contribution in [0.3, 0.4) is 0 Å². The molecule has 0 aromatic carbocycles. The van der Waals surface area contributed by atoms with Crippen molar-refractivity contribution in [3.05, 3.63) is 60.2 Å². The van der Waals surface area contributed by atoms with Crippen LogP contribution in [0.4, 0.5) is 14.6 Å². The zero-order valence-electron chi connectivity index (χ0n) is 15.5. The number of hydrogen-bond donors (Lipinski definition) is 1. The molecule has 0 saturated heterocycles. The number of aromatic nitrogens is 4. The smallest absolute Gasteiger partial charge is 0.263 e. The second-order valence-corrected chi connectivity index (χ2v) is 8.81. The molecule has 0 aliphatic carbocycles. The molecule has 1 N–H and O–H groups in total. The zero-order valence-corrected chi connectivity index (χ0v) is 16.3. The van der Waals surface area contributed by atoms with Gasteiger partial charge in [0.1, 0.15) is 10.7 Å². The minimum absolute atomic E-state index is 0.145. The lowest BCUT2D eigenvalue weighted by molar-refractivity contribution is 0.150. The molecule has 3 aromatic heterocycles. The van der Waals surface area contributed by atoms with Crippen LogP contribution in [-0.2, 0) is 15.4 Å². The average molecular weight is 407 g/mol. The summed E-state index contributed by atoms with van der Waals surface area (Å²) in [6.45, 7) is 5.81. The van der Waals surface area contributed by atoms with E-state index in [1.54, 1.807) is 30.5 Å².